The van der Waals surface area contributed by atoms with Crippen molar-refractivity contribution in [3.05, 3.63) is 52.3 Å². The van der Waals surface area contributed by atoms with Crippen molar-refractivity contribution < 1.29 is 18.7 Å². The van der Waals surface area contributed by atoms with E-state index in [1.54, 1.807) is 18.2 Å². The van der Waals surface area contributed by atoms with Crippen molar-refractivity contribution in [2.45, 2.75) is 0 Å². The maximum Gasteiger partial charge on any atom is 0.335 e. The molecule has 20 heavy (non-hydrogen) atoms. The maximum absolute atomic E-state index is 13.5. The van der Waals surface area contributed by atoms with Gasteiger partial charge in [-0.2, -0.15) is 0 Å². The highest BCUT2D eigenvalue weighted by Crippen LogP contribution is 2.27. The zero-order chi connectivity index (χ0) is 14.3. The highest BCUT2D eigenvalue weighted by molar-refractivity contribution is 9.10. The van der Waals surface area contributed by atoms with Gasteiger partial charge in [0.2, 0.25) is 5.89 Å². The van der Waals surface area contributed by atoms with Crippen molar-refractivity contribution in [1.29, 1.82) is 0 Å². The molecular weight excluding hydrogens is 329 g/mol. The molecule has 1 heterocycles. The average Bonchev–Trinajstić information content (AvgIpc) is 2.84. The number of fused-ring (bicyclic) bond motifs is 1. The summed E-state index contributed by atoms with van der Waals surface area (Å²) in [6.45, 7) is 0. The van der Waals surface area contributed by atoms with E-state index in [1.165, 1.54) is 18.2 Å². The predicted molar refractivity (Wildman–Crippen MR) is 74.1 cm³/mol. The lowest BCUT2D eigenvalue weighted by Crippen LogP contribution is -1.94. The number of benzene rings is 2. The van der Waals surface area contributed by atoms with Crippen molar-refractivity contribution in [2.24, 2.45) is 0 Å². The van der Waals surface area contributed by atoms with Gasteiger partial charge >= 0.3 is 5.97 Å². The second kappa shape index (κ2) is 4.72. The Balaban J connectivity index is 2.12. The van der Waals surface area contributed by atoms with Crippen LogP contribution in [0, 0.1) is 5.82 Å². The average molecular weight is 336 g/mol. The van der Waals surface area contributed by atoms with Gasteiger partial charge in [-0.25, -0.2) is 14.2 Å². The van der Waals surface area contributed by atoms with Crippen molar-refractivity contribution in [3.8, 4) is 11.5 Å². The lowest BCUT2D eigenvalue weighted by atomic mass is 10.2. The molecule has 0 radical (unpaired) electrons. The number of carbonyl (C=O) groups is 1. The number of hydrogen-bond acceptors (Lipinski definition) is 3. The number of carboxylic acids is 1. The molecule has 1 N–H and O–H groups in total. The van der Waals surface area contributed by atoms with E-state index in [4.69, 9.17) is 9.52 Å². The Morgan fingerprint density at radius 2 is 2.05 bits per heavy atom. The first-order valence-corrected chi connectivity index (χ1v) is 6.43. The molecule has 0 atom stereocenters. The second-order valence-electron chi connectivity index (χ2n) is 4.14. The number of rotatable bonds is 2. The number of oxazole rings is 1. The van der Waals surface area contributed by atoms with Crippen molar-refractivity contribution >= 4 is 33.0 Å². The van der Waals surface area contributed by atoms with Gasteiger partial charge in [0.15, 0.2) is 5.58 Å². The Labute approximate surface area is 121 Å². The lowest BCUT2D eigenvalue weighted by molar-refractivity contribution is 0.0697. The fourth-order valence-electron chi connectivity index (χ4n) is 1.81. The summed E-state index contributed by atoms with van der Waals surface area (Å²) in [4.78, 5) is 15.1. The van der Waals surface area contributed by atoms with Crippen LogP contribution < -0.4 is 0 Å². The SMILES string of the molecule is O=C(O)c1ccc2nc(-c3ccc(Br)c(F)c3)oc2c1. The van der Waals surface area contributed by atoms with Crippen LogP contribution in [-0.4, -0.2) is 16.1 Å². The third-order valence-corrected chi connectivity index (χ3v) is 3.45. The van der Waals surface area contributed by atoms with Crippen LogP contribution in [0.1, 0.15) is 10.4 Å². The van der Waals surface area contributed by atoms with Crippen LogP contribution in [0.3, 0.4) is 0 Å². The fraction of sp³-hybridized carbons (Fsp3) is 0. The molecule has 3 rings (SSSR count). The van der Waals surface area contributed by atoms with Gasteiger partial charge in [-0.15, -0.1) is 0 Å². The minimum atomic E-state index is -1.04. The molecule has 0 aliphatic carbocycles. The van der Waals surface area contributed by atoms with Gasteiger partial charge in [-0.3, -0.25) is 0 Å². The van der Waals surface area contributed by atoms with Gasteiger partial charge in [0, 0.05) is 5.56 Å². The number of carboxylic acid groups (broad SMARTS) is 1. The first-order valence-electron chi connectivity index (χ1n) is 5.64. The molecule has 0 saturated carbocycles. The Morgan fingerprint density at radius 1 is 1.25 bits per heavy atom. The topological polar surface area (TPSA) is 63.3 Å². The van der Waals surface area contributed by atoms with Gasteiger partial charge in [0.25, 0.3) is 0 Å². The van der Waals surface area contributed by atoms with Gasteiger partial charge in [0.1, 0.15) is 11.3 Å². The number of nitrogens with zero attached hydrogens (tertiary/aromatic N) is 1. The quantitative estimate of drug-likeness (QED) is 0.765. The van der Waals surface area contributed by atoms with E-state index in [2.05, 4.69) is 20.9 Å². The van der Waals surface area contributed by atoms with E-state index >= 15 is 0 Å². The van der Waals surface area contributed by atoms with E-state index in [0.717, 1.165) is 0 Å². The molecule has 0 saturated heterocycles. The van der Waals surface area contributed by atoms with Crippen LogP contribution in [0.4, 0.5) is 4.39 Å². The number of hydrogen-bond donors (Lipinski definition) is 1. The number of aromatic nitrogens is 1. The van der Waals surface area contributed by atoms with E-state index in [-0.39, 0.29) is 11.5 Å². The highest BCUT2D eigenvalue weighted by Gasteiger charge is 2.12. The Morgan fingerprint density at radius 3 is 2.75 bits per heavy atom. The largest absolute Gasteiger partial charge is 0.478 e. The van der Waals surface area contributed by atoms with Crippen LogP contribution in [0.25, 0.3) is 22.6 Å². The van der Waals surface area contributed by atoms with E-state index in [9.17, 15) is 9.18 Å². The standard InChI is InChI=1S/C14H7BrFNO3/c15-9-3-1-7(5-10(9)16)13-17-11-4-2-8(14(18)19)6-12(11)20-13/h1-6H,(H,18,19). The summed E-state index contributed by atoms with van der Waals surface area (Å²) in [5.74, 6) is -1.22. The third-order valence-electron chi connectivity index (χ3n) is 2.80. The number of halogens is 2. The molecule has 100 valence electrons. The van der Waals surface area contributed by atoms with Crippen LogP contribution in [0.5, 0.6) is 0 Å². The van der Waals surface area contributed by atoms with Gasteiger partial charge in [0.05, 0.1) is 10.0 Å². The van der Waals surface area contributed by atoms with E-state index < -0.39 is 11.8 Å². The molecular formula is C14H7BrFNO3. The van der Waals surface area contributed by atoms with Gasteiger partial charge in [-0.1, -0.05) is 0 Å². The van der Waals surface area contributed by atoms with E-state index in [0.29, 0.717) is 21.1 Å². The molecule has 3 aromatic rings. The Bertz CT molecular complexity index is 828. The lowest BCUT2D eigenvalue weighted by Gasteiger charge is -1.97. The molecule has 0 amide bonds. The zero-order valence-corrected chi connectivity index (χ0v) is 11.5. The molecule has 0 fully saturated rings. The van der Waals surface area contributed by atoms with Crippen molar-refractivity contribution in [2.75, 3.05) is 0 Å². The molecule has 0 bridgehead atoms. The third kappa shape index (κ3) is 2.18. The summed E-state index contributed by atoms with van der Waals surface area (Å²) in [6, 6.07) is 8.91. The van der Waals surface area contributed by atoms with Crippen LogP contribution in [0.2, 0.25) is 0 Å². The summed E-state index contributed by atoms with van der Waals surface area (Å²) in [5, 5.41) is 8.92. The first kappa shape index (κ1) is 12.8. The minimum Gasteiger partial charge on any atom is -0.478 e. The molecule has 0 unspecified atom stereocenters. The molecule has 2 aromatic carbocycles. The zero-order valence-electron chi connectivity index (χ0n) is 9.93. The summed E-state index contributed by atoms with van der Waals surface area (Å²) >= 11 is 3.07. The monoisotopic (exact) mass is 335 g/mol. The number of aromatic carboxylic acids is 1. The minimum absolute atomic E-state index is 0.113. The summed E-state index contributed by atoms with van der Waals surface area (Å²) in [5.41, 5.74) is 1.47. The maximum atomic E-state index is 13.5. The second-order valence-corrected chi connectivity index (χ2v) is 4.99. The molecule has 0 aliphatic rings. The van der Waals surface area contributed by atoms with Crippen molar-refractivity contribution in [3.63, 3.8) is 0 Å². The first-order chi connectivity index (χ1) is 9.54. The normalized spacial score (nSPS) is 10.9. The summed E-state index contributed by atoms with van der Waals surface area (Å²) < 4.78 is 19.3. The Kier molecular flexibility index (Phi) is 3.02. The fourth-order valence-corrected chi connectivity index (χ4v) is 2.06. The Hall–Kier alpha value is -2.21. The summed E-state index contributed by atoms with van der Waals surface area (Å²) in [7, 11) is 0. The predicted octanol–water partition coefficient (Wildman–Crippen LogP) is 4.09. The molecule has 4 nitrogen and oxygen atoms in total. The van der Waals surface area contributed by atoms with Crippen molar-refractivity contribution in [1.82, 2.24) is 4.98 Å². The van der Waals surface area contributed by atoms with Gasteiger partial charge in [-0.05, 0) is 52.3 Å². The molecule has 6 heteroatoms. The summed E-state index contributed by atoms with van der Waals surface area (Å²) in [6.07, 6.45) is 0. The van der Waals surface area contributed by atoms with Crippen LogP contribution in [-0.2, 0) is 0 Å². The molecule has 0 aliphatic heterocycles. The highest BCUT2D eigenvalue weighted by atomic mass is 79.9. The molecule has 0 spiro atoms. The van der Waals surface area contributed by atoms with Crippen LogP contribution in [0.15, 0.2) is 45.3 Å². The van der Waals surface area contributed by atoms with Crippen LogP contribution >= 0.6 is 15.9 Å². The molecule has 1 aromatic heterocycles. The van der Waals surface area contributed by atoms with E-state index in [1.807, 2.05) is 0 Å². The smallest absolute Gasteiger partial charge is 0.335 e. The van der Waals surface area contributed by atoms with Gasteiger partial charge < -0.3 is 9.52 Å².